The van der Waals surface area contributed by atoms with E-state index in [0.717, 1.165) is 16.7 Å². The molecule has 6 heteroatoms. The maximum Gasteiger partial charge on any atom is 0.224 e. The van der Waals surface area contributed by atoms with Crippen LogP contribution in [0.25, 0.3) is 16.7 Å². The Morgan fingerprint density at radius 3 is 2.88 bits per heavy atom. The minimum Gasteiger partial charge on any atom is -0.493 e. The van der Waals surface area contributed by atoms with Gasteiger partial charge in [-0.05, 0) is 40.8 Å². The van der Waals surface area contributed by atoms with Crippen LogP contribution in [0.15, 0.2) is 36.5 Å². The van der Waals surface area contributed by atoms with Gasteiger partial charge in [0.15, 0.2) is 0 Å². The fraction of sp³-hybridized carbons (Fsp3) is 0. The smallest absolute Gasteiger partial charge is 0.224 e. The summed E-state index contributed by atoms with van der Waals surface area (Å²) in [6.07, 6.45) is 1.57. The van der Waals surface area contributed by atoms with E-state index in [0.29, 0.717) is 3.57 Å². The van der Waals surface area contributed by atoms with E-state index in [1.807, 2.05) is 52.9 Å². The molecule has 5 nitrogen and oxygen atoms in total. The van der Waals surface area contributed by atoms with Crippen molar-refractivity contribution in [2.24, 2.45) is 0 Å². The molecule has 84 valence electrons. The van der Waals surface area contributed by atoms with Gasteiger partial charge < -0.3 is 5.11 Å². The molecular weight excluding hydrogens is 331 g/mol. The van der Waals surface area contributed by atoms with E-state index < -0.39 is 0 Å². The lowest BCUT2D eigenvalue weighted by Gasteiger charge is -2.02. The Balaban J connectivity index is 2.24. The Labute approximate surface area is 110 Å². The first-order valence-corrected chi connectivity index (χ1v) is 5.99. The van der Waals surface area contributed by atoms with Crippen LogP contribution in [0.4, 0.5) is 0 Å². The number of hydrogen-bond acceptors (Lipinski definition) is 4. The van der Waals surface area contributed by atoms with Crippen LogP contribution < -0.4 is 0 Å². The normalized spacial score (nSPS) is 10.9. The van der Waals surface area contributed by atoms with Gasteiger partial charge in [0.25, 0.3) is 0 Å². The third-order valence-electron chi connectivity index (χ3n) is 2.40. The summed E-state index contributed by atoms with van der Waals surface area (Å²) in [6, 6.07) is 9.50. The highest BCUT2D eigenvalue weighted by atomic mass is 127. The molecule has 0 aliphatic carbocycles. The molecule has 0 aliphatic heterocycles. The van der Waals surface area contributed by atoms with E-state index in [-0.39, 0.29) is 5.88 Å². The monoisotopic (exact) mass is 338 g/mol. The molecule has 0 amide bonds. The molecule has 1 aromatic carbocycles. The van der Waals surface area contributed by atoms with E-state index >= 15 is 0 Å². The van der Waals surface area contributed by atoms with Gasteiger partial charge in [0.2, 0.25) is 5.88 Å². The predicted molar refractivity (Wildman–Crippen MR) is 71.0 cm³/mol. The van der Waals surface area contributed by atoms with Crippen LogP contribution in [-0.4, -0.2) is 25.1 Å². The molecule has 0 unspecified atom stereocenters. The third-order valence-corrected chi connectivity index (χ3v) is 3.20. The number of pyridine rings is 1. The van der Waals surface area contributed by atoms with Gasteiger partial charge in [-0.1, -0.05) is 17.3 Å². The highest BCUT2D eigenvalue weighted by Gasteiger charge is 2.08. The quantitative estimate of drug-likeness (QED) is 0.691. The molecule has 1 N–H and O–H groups in total. The summed E-state index contributed by atoms with van der Waals surface area (Å²) in [4.78, 5) is 3.90. The van der Waals surface area contributed by atoms with Gasteiger partial charge in [0.1, 0.15) is 5.52 Å². The van der Waals surface area contributed by atoms with Crippen LogP contribution in [0.3, 0.4) is 0 Å². The molecule has 0 fully saturated rings. The number of aromatic nitrogens is 4. The number of para-hydroxylation sites is 1. The Bertz CT molecular complexity index is 695. The Kier molecular flexibility index (Phi) is 2.43. The first kappa shape index (κ1) is 10.5. The lowest BCUT2D eigenvalue weighted by atomic mass is 10.3. The molecule has 17 heavy (non-hydrogen) atoms. The highest BCUT2D eigenvalue weighted by molar-refractivity contribution is 14.1. The Morgan fingerprint density at radius 1 is 1.24 bits per heavy atom. The van der Waals surface area contributed by atoms with Crippen molar-refractivity contribution in [2.75, 3.05) is 0 Å². The zero-order valence-electron chi connectivity index (χ0n) is 8.58. The molecule has 3 aromatic rings. The van der Waals surface area contributed by atoms with Crippen molar-refractivity contribution in [1.82, 2.24) is 20.0 Å². The average Bonchev–Trinajstić information content (AvgIpc) is 2.76. The number of benzene rings is 1. The van der Waals surface area contributed by atoms with E-state index in [9.17, 15) is 5.11 Å². The second-order valence-corrected chi connectivity index (χ2v) is 4.65. The zero-order valence-corrected chi connectivity index (χ0v) is 10.7. The summed E-state index contributed by atoms with van der Waals surface area (Å²) in [5, 5.41) is 17.5. The molecule has 2 aromatic heterocycles. The average molecular weight is 338 g/mol. The van der Waals surface area contributed by atoms with Gasteiger partial charge in [-0.25, -0.2) is 9.67 Å². The van der Waals surface area contributed by atoms with E-state index in [1.54, 1.807) is 10.9 Å². The summed E-state index contributed by atoms with van der Waals surface area (Å²) in [7, 11) is 0. The third kappa shape index (κ3) is 1.74. The molecule has 0 saturated carbocycles. The molecule has 0 radical (unpaired) electrons. The largest absolute Gasteiger partial charge is 0.493 e. The van der Waals surface area contributed by atoms with E-state index in [2.05, 4.69) is 15.3 Å². The van der Waals surface area contributed by atoms with Crippen molar-refractivity contribution >= 4 is 33.6 Å². The highest BCUT2D eigenvalue weighted by Crippen LogP contribution is 2.21. The van der Waals surface area contributed by atoms with Crippen LogP contribution in [0, 0.1) is 3.57 Å². The second kappa shape index (κ2) is 3.95. The predicted octanol–water partition coefficient (Wildman–Crippen LogP) is 2.13. The van der Waals surface area contributed by atoms with Crippen molar-refractivity contribution in [2.45, 2.75) is 0 Å². The molecule has 0 bridgehead atoms. The Hall–Kier alpha value is -1.70. The molecule has 3 rings (SSSR count). The van der Waals surface area contributed by atoms with Crippen LogP contribution in [0.5, 0.6) is 5.88 Å². The topological polar surface area (TPSA) is 63.8 Å². The second-order valence-electron chi connectivity index (χ2n) is 3.49. The molecular formula is C11H7IN4O. The van der Waals surface area contributed by atoms with Gasteiger partial charge in [-0.3, -0.25) is 0 Å². The molecule has 2 heterocycles. The van der Waals surface area contributed by atoms with Crippen molar-refractivity contribution in [3.8, 4) is 11.6 Å². The van der Waals surface area contributed by atoms with E-state index in [4.69, 9.17) is 0 Å². The van der Waals surface area contributed by atoms with Gasteiger partial charge in [-0.2, -0.15) is 0 Å². The SMILES string of the molecule is Oc1ncc(-n2nnc3ccccc32)cc1I. The van der Waals surface area contributed by atoms with Gasteiger partial charge in [-0.15, -0.1) is 5.10 Å². The van der Waals surface area contributed by atoms with Gasteiger partial charge >= 0.3 is 0 Å². The minimum absolute atomic E-state index is 0.0266. The Morgan fingerprint density at radius 2 is 2.06 bits per heavy atom. The molecule has 0 saturated heterocycles. The lowest BCUT2D eigenvalue weighted by Crippen LogP contribution is -1.98. The first-order chi connectivity index (χ1) is 8.25. The van der Waals surface area contributed by atoms with Crippen LogP contribution in [-0.2, 0) is 0 Å². The summed E-state index contributed by atoms with van der Waals surface area (Å²) in [5.74, 6) is 0.0266. The number of hydrogen-bond donors (Lipinski definition) is 1. The lowest BCUT2D eigenvalue weighted by molar-refractivity contribution is 0.449. The van der Waals surface area contributed by atoms with Gasteiger partial charge in [0.05, 0.1) is 21.0 Å². The van der Waals surface area contributed by atoms with Crippen molar-refractivity contribution in [3.05, 3.63) is 40.1 Å². The van der Waals surface area contributed by atoms with Crippen molar-refractivity contribution < 1.29 is 5.11 Å². The van der Waals surface area contributed by atoms with Gasteiger partial charge in [0, 0.05) is 0 Å². The summed E-state index contributed by atoms with van der Waals surface area (Å²) in [5.41, 5.74) is 2.52. The summed E-state index contributed by atoms with van der Waals surface area (Å²) in [6.45, 7) is 0. The number of rotatable bonds is 1. The molecule has 0 aliphatic rings. The molecule has 0 spiro atoms. The number of nitrogens with zero attached hydrogens (tertiary/aromatic N) is 4. The standard InChI is InChI=1S/C11H7IN4O/c12-8-5-7(6-13-11(8)17)16-10-4-2-1-3-9(10)14-15-16/h1-6H,(H,13,17). The number of fused-ring (bicyclic) bond motifs is 1. The fourth-order valence-corrected chi connectivity index (χ4v) is 2.05. The maximum atomic E-state index is 9.39. The first-order valence-electron chi connectivity index (χ1n) is 4.91. The number of halogens is 1. The van der Waals surface area contributed by atoms with E-state index in [1.165, 1.54) is 0 Å². The fourth-order valence-electron chi connectivity index (χ4n) is 1.60. The van der Waals surface area contributed by atoms with Crippen molar-refractivity contribution in [1.29, 1.82) is 0 Å². The maximum absolute atomic E-state index is 9.39. The number of aromatic hydroxyl groups is 1. The van der Waals surface area contributed by atoms with Crippen molar-refractivity contribution in [3.63, 3.8) is 0 Å². The van der Waals surface area contributed by atoms with Crippen LogP contribution in [0.2, 0.25) is 0 Å². The molecule has 0 atom stereocenters. The summed E-state index contributed by atoms with van der Waals surface area (Å²) >= 11 is 2.02. The minimum atomic E-state index is 0.0266. The van der Waals surface area contributed by atoms with Crippen LogP contribution in [0.1, 0.15) is 0 Å². The van der Waals surface area contributed by atoms with Crippen LogP contribution >= 0.6 is 22.6 Å². The summed E-state index contributed by atoms with van der Waals surface area (Å²) < 4.78 is 2.38. The zero-order chi connectivity index (χ0) is 11.8.